The summed E-state index contributed by atoms with van der Waals surface area (Å²) in [6.45, 7) is 3.06. The predicted molar refractivity (Wildman–Crippen MR) is 51.1 cm³/mol. The summed E-state index contributed by atoms with van der Waals surface area (Å²) in [5.41, 5.74) is 4.45. The first-order valence-electron chi connectivity index (χ1n) is 3.80. The van der Waals surface area contributed by atoms with Crippen LogP contribution >= 0.6 is 11.6 Å². The first-order chi connectivity index (χ1) is 5.84. The Hall–Kier alpha value is -0.800. The van der Waals surface area contributed by atoms with Crippen molar-refractivity contribution in [3.8, 4) is 0 Å². The van der Waals surface area contributed by atoms with E-state index in [1.807, 2.05) is 0 Å². The summed E-state index contributed by atoms with van der Waals surface area (Å²) in [5.74, 6) is -0.679. The molecule has 1 aromatic rings. The Morgan fingerprint density at radius 2 is 2.00 bits per heavy atom. The van der Waals surface area contributed by atoms with Gasteiger partial charge in [-0.05, 0) is 19.9 Å². The van der Waals surface area contributed by atoms with Gasteiger partial charge in [-0.3, -0.25) is 0 Å². The van der Waals surface area contributed by atoms with E-state index < -0.39 is 11.4 Å². The number of nitrogen functional groups attached to an aromatic ring is 1. The Bertz CT molecular complexity index is 333. The van der Waals surface area contributed by atoms with Crippen LogP contribution in [0.4, 0.5) is 10.1 Å². The van der Waals surface area contributed by atoms with E-state index in [1.54, 1.807) is 0 Å². The number of benzene rings is 1. The summed E-state index contributed by atoms with van der Waals surface area (Å²) in [6, 6.07) is 2.90. The number of hydrogen-bond acceptors (Lipinski definition) is 2. The van der Waals surface area contributed by atoms with Gasteiger partial charge in [0, 0.05) is 5.56 Å². The number of anilines is 1. The molecule has 0 aliphatic rings. The van der Waals surface area contributed by atoms with Gasteiger partial charge >= 0.3 is 0 Å². The first kappa shape index (κ1) is 10.3. The van der Waals surface area contributed by atoms with Gasteiger partial charge in [0.15, 0.2) is 5.82 Å². The highest BCUT2D eigenvalue weighted by molar-refractivity contribution is 6.31. The molecule has 0 aliphatic heterocycles. The van der Waals surface area contributed by atoms with Crippen molar-refractivity contribution in [1.29, 1.82) is 0 Å². The molecule has 72 valence electrons. The van der Waals surface area contributed by atoms with Crippen molar-refractivity contribution in [1.82, 2.24) is 0 Å². The SMILES string of the molecule is CC(C)(O)c1ccc(N)c(F)c1Cl. The molecule has 0 aromatic heterocycles. The van der Waals surface area contributed by atoms with Crippen LogP contribution in [-0.4, -0.2) is 5.11 Å². The fraction of sp³-hybridized carbons (Fsp3) is 0.333. The highest BCUT2D eigenvalue weighted by Crippen LogP contribution is 2.31. The highest BCUT2D eigenvalue weighted by atomic mass is 35.5. The van der Waals surface area contributed by atoms with E-state index in [-0.39, 0.29) is 10.7 Å². The van der Waals surface area contributed by atoms with Gasteiger partial charge in [0.2, 0.25) is 0 Å². The maximum absolute atomic E-state index is 13.2. The summed E-state index contributed by atoms with van der Waals surface area (Å²) in [5, 5.41) is 9.48. The molecule has 1 aromatic carbocycles. The highest BCUT2D eigenvalue weighted by Gasteiger charge is 2.22. The molecule has 3 N–H and O–H groups in total. The van der Waals surface area contributed by atoms with Crippen molar-refractivity contribution in [2.24, 2.45) is 0 Å². The molecule has 0 saturated carbocycles. The molecule has 0 amide bonds. The standard InChI is InChI=1S/C9H11ClFNO/c1-9(2,13)5-3-4-6(12)8(11)7(5)10/h3-4,13H,12H2,1-2H3. The molecule has 4 heteroatoms. The third kappa shape index (κ3) is 1.92. The van der Waals surface area contributed by atoms with Crippen molar-refractivity contribution in [3.63, 3.8) is 0 Å². The van der Waals surface area contributed by atoms with Crippen LogP contribution in [0, 0.1) is 5.82 Å². The fourth-order valence-electron chi connectivity index (χ4n) is 1.04. The van der Waals surface area contributed by atoms with Crippen molar-refractivity contribution in [2.45, 2.75) is 19.4 Å². The minimum atomic E-state index is -1.16. The first-order valence-corrected chi connectivity index (χ1v) is 4.18. The van der Waals surface area contributed by atoms with E-state index in [9.17, 15) is 9.50 Å². The van der Waals surface area contributed by atoms with Crippen LogP contribution in [0.1, 0.15) is 19.4 Å². The lowest BCUT2D eigenvalue weighted by Gasteiger charge is -2.19. The van der Waals surface area contributed by atoms with E-state index in [4.69, 9.17) is 17.3 Å². The average molecular weight is 204 g/mol. The number of rotatable bonds is 1. The zero-order valence-electron chi connectivity index (χ0n) is 7.44. The van der Waals surface area contributed by atoms with E-state index in [0.717, 1.165) is 0 Å². The second-order valence-corrected chi connectivity index (χ2v) is 3.77. The molecule has 13 heavy (non-hydrogen) atoms. The van der Waals surface area contributed by atoms with Gasteiger partial charge in [-0.1, -0.05) is 17.7 Å². The third-order valence-corrected chi connectivity index (χ3v) is 2.14. The fourth-order valence-corrected chi connectivity index (χ4v) is 1.44. The van der Waals surface area contributed by atoms with Gasteiger partial charge < -0.3 is 10.8 Å². The second-order valence-electron chi connectivity index (χ2n) is 3.39. The Morgan fingerprint density at radius 1 is 1.46 bits per heavy atom. The van der Waals surface area contributed by atoms with Crippen LogP contribution in [-0.2, 0) is 5.60 Å². The summed E-state index contributed by atoms with van der Waals surface area (Å²) in [4.78, 5) is 0. The largest absolute Gasteiger partial charge is 0.396 e. The molecule has 0 heterocycles. The smallest absolute Gasteiger partial charge is 0.165 e. The zero-order chi connectivity index (χ0) is 10.2. The van der Waals surface area contributed by atoms with Crippen LogP contribution in [0.5, 0.6) is 0 Å². The molecule has 0 aliphatic carbocycles. The summed E-state index contributed by atoms with van der Waals surface area (Å²) < 4.78 is 13.2. The van der Waals surface area contributed by atoms with Crippen molar-refractivity contribution >= 4 is 17.3 Å². The number of nitrogens with two attached hydrogens (primary N) is 1. The third-order valence-electron chi connectivity index (χ3n) is 1.77. The van der Waals surface area contributed by atoms with Crippen LogP contribution in [0.25, 0.3) is 0 Å². The van der Waals surface area contributed by atoms with E-state index in [1.165, 1.54) is 26.0 Å². The van der Waals surface area contributed by atoms with Gasteiger partial charge in [-0.25, -0.2) is 4.39 Å². The molecule has 2 nitrogen and oxygen atoms in total. The van der Waals surface area contributed by atoms with Gasteiger partial charge in [-0.2, -0.15) is 0 Å². The normalized spacial score (nSPS) is 11.8. The molecule has 0 saturated heterocycles. The predicted octanol–water partition coefficient (Wildman–Crippen LogP) is 2.29. The summed E-state index contributed by atoms with van der Waals surface area (Å²) in [7, 11) is 0. The lowest BCUT2D eigenvalue weighted by molar-refractivity contribution is 0.0784. The van der Waals surface area contributed by atoms with E-state index in [0.29, 0.717) is 5.56 Å². The molecular formula is C9H11ClFNO. The monoisotopic (exact) mass is 203 g/mol. The number of aliphatic hydroxyl groups is 1. The Kier molecular flexibility index (Phi) is 2.50. The molecule has 1 rings (SSSR count). The molecule has 0 spiro atoms. The quantitative estimate of drug-likeness (QED) is 0.688. The Balaban J connectivity index is 3.35. The van der Waals surface area contributed by atoms with Crippen molar-refractivity contribution in [2.75, 3.05) is 5.73 Å². The second kappa shape index (κ2) is 3.16. The van der Waals surface area contributed by atoms with E-state index in [2.05, 4.69) is 0 Å². The number of halogens is 2. The molecule has 0 bridgehead atoms. The van der Waals surface area contributed by atoms with Crippen LogP contribution in [0.3, 0.4) is 0 Å². The van der Waals surface area contributed by atoms with Gasteiger partial charge in [0.25, 0.3) is 0 Å². The van der Waals surface area contributed by atoms with Crippen molar-refractivity contribution in [3.05, 3.63) is 28.5 Å². The zero-order valence-corrected chi connectivity index (χ0v) is 8.19. The minimum Gasteiger partial charge on any atom is -0.396 e. The molecule has 0 unspecified atom stereocenters. The lowest BCUT2D eigenvalue weighted by atomic mass is 9.98. The Labute approximate surface area is 81.1 Å². The van der Waals surface area contributed by atoms with Crippen LogP contribution in [0.15, 0.2) is 12.1 Å². The topological polar surface area (TPSA) is 46.2 Å². The maximum Gasteiger partial charge on any atom is 0.165 e. The average Bonchev–Trinajstić information content (AvgIpc) is 1.98. The Morgan fingerprint density at radius 3 is 2.46 bits per heavy atom. The lowest BCUT2D eigenvalue weighted by Crippen LogP contribution is -2.16. The molecule has 0 fully saturated rings. The molecule has 0 atom stereocenters. The summed E-state index contributed by atoms with van der Waals surface area (Å²) >= 11 is 5.67. The van der Waals surface area contributed by atoms with Gasteiger partial charge in [0.05, 0.1) is 16.3 Å². The van der Waals surface area contributed by atoms with Gasteiger partial charge in [-0.15, -0.1) is 0 Å². The van der Waals surface area contributed by atoms with Crippen molar-refractivity contribution < 1.29 is 9.50 Å². The summed E-state index contributed by atoms with van der Waals surface area (Å²) in [6.07, 6.45) is 0. The van der Waals surface area contributed by atoms with Crippen LogP contribution in [0.2, 0.25) is 5.02 Å². The number of hydrogen-bond donors (Lipinski definition) is 2. The van der Waals surface area contributed by atoms with Gasteiger partial charge in [0.1, 0.15) is 0 Å². The molecular weight excluding hydrogens is 193 g/mol. The molecule has 0 radical (unpaired) electrons. The van der Waals surface area contributed by atoms with E-state index >= 15 is 0 Å². The van der Waals surface area contributed by atoms with Crippen LogP contribution < -0.4 is 5.73 Å². The maximum atomic E-state index is 13.2. The minimum absolute atomic E-state index is 0.0157.